The topological polar surface area (TPSA) is 98.8 Å². The lowest BCUT2D eigenvalue weighted by molar-refractivity contribution is -0.139. The molecule has 1 atom stereocenters. The summed E-state index contributed by atoms with van der Waals surface area (Å²) in [6.45, 7) is 4.69. The number of hydrogen-bond donors (Lipinski definition) is 2. The van der Waals surface area contributed by atoms with Crippen molar-refractivity contribution < 1.29 is 19.4 Å². The van der Waals surface area contributed by atoms with Crippen LogP contribution in [0.1, 0.15) is 35.0 Å². The number of ketones is 1. The third-order valence-corrected chi connectivity index (χ3v) is 5.34. The van der Waals surface area contributed by atoms with Crippen molar-refractivity contribution in [2.24, 2.45) is 0 Å². The summed E-state index contributed by atoms with van der Waals surface area (Å²) in [6, 6.07) is 6.52. The number of carbonyl (C=O) groups is 2. The number of aliphatic hydroxyl groups is 1. The standard InChI is InChI=1S/C22H28N4O4/c1-13-17(14(2)24-23-13)20(27)18-19(15-7-9-16(30-5)10-8-15)26(22(29)21(18)28)12-6-11-25(3)4/h7-10,19,27H,6,11-12H2,1-5H3,(H,23,24)/t19-/m0/s1. The number of aliphatic hydroxyl groups excluding tert-OH is 1. The number of aromatic nitrogens is 2. The maximum absolute atomic E-state index is 13.0. The van der Waals surface area contributed by atoms with Crippen LogP contribution in [-0.4, -0.2) is 71.1 Å². The zero-order valence-corrected chi connectivity index (χ0v) is 18.0. The Labute approximate surface area is 176 Å². The number of amides is 1. The zero-order valence-electron chi connectivity index (χ0n) is 18.0. The van der Waals surface area contributed by atoms with Gasteiger partial charge in [0, 0.05) is 12.2 Å². The molecule has 160 valence electrons. The molecule has 1 aromatic carbocycles. The summed E-state index contributed by atoms with van der Waals surface area (Å²) >= 11 is 0. The van der Waals surface area contributed by atoms with Crippen LogP contribution in [0, 0.1) is 13.8 Å². The molecule has 3 rings (SSSR count). The molecule has 0 aliphatic carbocycles. The highest BCUT2D eigenvalue weighted by Gasteiger charge is 2.46. The van der Waals surface area contributed by atoms with Crippen LogP contribution in [0.4, 0.5) is 0 Å². The summed E-state index contributed by atoms with van der Waals surface area (Å²) in [7, 11) is 5.49. The molecule has 1 aromatic heterocycles. The number of ether oxygens (including phenoxy) is 1. The van der Waals surface area contributed by atoms with E-state index in [1.54, 1.807) is 38.0 Å². The molecule has 0 bridgehead atoms. The third kappa shape index (κ3) is 3.95. The Kier molecular flexibility index (Phi) is 6.26. The number of nitrogens with one attached hydrogen (secondary N) is 1. The van der Waals surface area contributed by atoms with Crippen molar-refractivity contribution in [1.82, 2.24) is 20.0 Å². The van der Waals surface area contributed by atoms with E-state index in [2.05, 4.69) is 10.2 Å². The van der Waals surface area contributed by atoms with Crippen molar-refractivity contribution >= 4 is 17.4 Å². The van der Waals surface area contributed by atoms with Crippen molar-refractivity contribution in [3.63, 3.8) is 0 Å². The van der Waals surface area contributed by atoms with E-state index in [1.807, 2.05) is 31.1 Å². The van der Waals surface area contributed by atoms with Crippen LogP contribution < -0.4 is 4.74 Å². The van der Waals surface area contributed by atoms with Gasteiger partial charge in [-0.3, -0.25) is 14.7 Å². The molecule has 2 aromatic rings. The second-order valence-electron chi connectivity index (χ2n) is 7.73. The van der Waals surface area contributed by atoms with Gasteiger partial charge in [0.05, 0.1) is 30.0 Å². The van der Waals surface area contributed by atoms with Crippen molar-refractivity contribution in [1.29, 1.82) is 0 Å². The number of Topliss-reactive ketones (excluding diaryl/α,β-unsaturated/α-hetero) is 1. The third-order valence-electron chi connectivity index (χ3n) is 5.34. The van der Waals surface area contributed by atoms with Gasteiger partial charge in [-0.05, 0) is 58.6 Å². The van der Waals surface area contributed by atoms with Gasteiger partial charge in [-0.2, -0.15) is 5.10 Å². The lowest BCUT2D eigenvalue weighted by Gasteiger charge is -2.26. The van der Waals surface area contributed by atoms with E-state index in [4.69, 9.17) is 4.74 Å². The summed E-state index contributed by atoms with van der Waals surface area (Å²) in [6.07, 6.45) is 0.705. The monoisotopic (exact) mass is 412 g/mol. The molecule has 1 aliphatic rings. The van der Waals surface area contributed by atoms with Gasteiger partial charge in [-0.25, -0.2) is 0 Å². The van der Waals surface area contributed by atoms with E-state index < -0.39 is 17.7 Å². The SMILES string of the molecule is COc1ccc([C@H]2C(=C(O)c3c(C)n[nH]c3C)C(=O)C(=O)N2CCCN(C)C)cc1. The molecule has 0 saturated carbocycles. The van der Waals surface area contributed by atoms with Crippen LogP contribution in [0.15, 0.2) is 29.8 Å². The number of benzene rings is 1. The second-order valence-corrected chi connectivity index (χ2v) is 7.73. The van der Waals surface area contributed by atoms with Crippen LogP contribution in [0.25, 0.3) is 5.76 Å². The first-order valence-electron chi connectivity index (χ1n) is 9.85. The predicted molar refractivity (Wildman–Crippen MR) is 113 cm³/mol. The van der Waals surface area contributed by atoms with E-state index in [9.17, 15) is 14.7 Å². The average molecular weight is 412 g/mol. The Bertz CT molecular complexity index is 956. The molecule has 8 heteroatoms. The number of aromatic amines is 1. The summed E-state index contributed by atoms with van der Waals surface area (Å²) < 4.78 is 5.23. The summed E-state index contributed by atoms with van der Waals surface area (Å²) in [5.41, 5.74) is 2.48. The highest BCUT2D eigenvalue weighted by Crippen LogP contribution is 2.40. The molecule has 2 heterocycles. The maximum atomic E-state index is 13.0. The molecule has 0 spiro atoms. The maximum Gasteiger partial charge on any atom is 0.295 e. The van der Waals surface area contributed by atoms with E-state index >= 15 is 0 Å². The van der Waals surface area contributed by atoms with E-state index in [0.29, 0.717) is 35.7 Å². The van der Waals surface area contributed by atoms with Crippen LogP contribution in [-0.2, 0) is 9.59 Å². The Morgan fingerprint density at radius 1 is 1.23 bits per heavy atom. The van der Waals surface area contributed by atoms with Gasteiger partial charge in [0.2, 0.25) is 0 Å². The molecule has 0 unspecified atom stereocenters. The molecule has 1 aliphatic heterocycles. The molecular formula is C22H28N4O4. The lowest BCUT2D eigenvalue weighted by atomic mass is 9.94. The van der Waals surface area contributed by atoms with Crippen molar-refractivity contribution in [2.75, 3.05) is 34.3 Å². The van der Waals surface area contributed by atoms with Gasteiger partial charge < -0.3 is 19.6 Å². The van der Waals surface area contributed by atoms with Crippen LogP contribution in [0.5, 0.6) is 5.75 Å². The summed E-state index contributed by atoms with van der Waals surface area (Å²) in [5.74, 6) is -0.814. The zero-order chi connectivity index (χ0) is 22.0. The molecule has 1 saturated heterocycles. The first-order chi connectivity index (χ1) is 14.3. The number of hydrogen-bond acceptors (Lipinski definition) is 6. The Balaban J connectivity index is 2.11. The van der Waals surface area contributed by atoms with Crippen LogP contribution in [0.2, 0.25) is 0 Å². The molecule has 0 radical (unpaired) electrons. The quantitative estimate of drug-likeness (QED) is 0.412. The van der Waals surface area contributed by atoms with Gasteiger partial charge >= 0.3 is 0 Å². The largest absolute Gasteiger partial charge is 0.507 e. The number of rotatable bonds is 7. The van der Waals surface area contributed by atoms with E-state index in [0.717, 1.165) is 12.1 Å². The van der Waals surface area contributed by atoms with Crippen molar-refractivity contribution in [2.45, 2.75) is 26.3 Å². The highest BCUT2D eigenvalue weighted by atomic mass is 16.5. The molecule has 1 fully saturated rings. The minimum atomic E-state index is -0.682. The first kappa shape index (κ1) is 21.6. The van der Waals surface area contributed by atoms with Crippen LogP contribution in [0.3, 0.4) is 0 Å². The van der Waals surface area contributed by atoms with Gasteiger partial charge in [0.25, 0.3) is 11.7 Å². The smallest absolute Gasteiger partial charge is 0.295 e. The minimum absolute atomic E-state index is 0.0858. The number of nitrogens with zero attached hydrogens (tertiary/aromatic N) is 3. The minimum Gasteiger partial charge on any atom is -0.507 e. The first-order valence-corrected chi connectivity index (χ1v) is 9.85. The van der Waals surface area contributed by atoms with E-state index in [-0.39, 0.29) is 11.3 Å². The van der Waals surface area contributed by atoms with Crippen LogP contribution >= 0.6 is 0 Å². The Morgan fingerprint density at radius 3 is 2.43 bits per heavy atom. The molecule has 2 N–H and O–H groups in total. The molecule has 8 nitrogen and oxygen atoms in total. The normalized spacial score (nSPS) is 18.5. The number of H-pyrrole nitrogens is 1. The van der Waals surface area contributed by atoms with Gasteiger partial charge in [-0.15, -0.1) is 0 Å². The fraction of sp³-hybridized carbons (Fsp3) is 0.409. The lowest BCUT2D eigenvalue weighted by Crippen LogP contribution is -2.32. The fourth-order valence-electron chi connectivity index (χ4n) is 3.84. The Morgan fingerprint density at radius 2 is 1.90 bits per heavy atom. The summed E-state index contributed by atoms with van der Waals surface area (Å²) in [5, 5.41) is 18.0. The highest BCUT2D eigenvalue weighted by molar-refractivity contribution is 6.46. The number of methoxy groups -OCH3 is 1. The molecule has 1 amide bonds. The predicted octanol–water partition coefficient (Wildman–Crippen LogP) is 2.41. The Hall–Kier alpha value is -3.13. The van der Waals surface area contributed by atoms with Crippen molar-refractivity contribution in [3.05, 3.63) is 52.4 Å². The number of carbonyl (C=O) groups excluding carboxylic acids is 2. The average Bonchev–Trinajstić information content (AvgIpc) is 3.18. The number of likely N-dealkylation sites (tertiary alicyclic amines) is 1. The van der Waals surface area contributed by atoms with E-state index in [1.165, 1.54) is 0 Å². The van der Waals surface area contributed by atoms with Gasteiger partial charge in [-0.1, -0.05) is 12.1 Å². The fourth-order valence-corrected chi connectivity index (χ4v) is 3.84. The summed E-state index contributed by atoms with van der Waals surface area (Å²) in [4.78, 5) is 29.5. The van der Waals surface area contributed by atoms with Gasteiger partial charge in [0.15, 0.2) is 0 Å². The van der Waals surface area contributed by atoms with Crippen molar-refractivity contribution in [3.8, 4) is 5.75 Å². The van der Waals surface area contributed by atoms with Gasteiger partial charge in [0.1, 0.15) is 11.5 Å². The number of aryl methyl sites for hydroxylation is 2. The molecule has 30 heavy (non-hydrogen) atoms. The second kappa shape index (κ2) is 8.71. The molecular weight excluding hydrogens is 384 g/mol.